The third kappa shape index (κ3) is 0.538. The molecule has 4 heteroatoms. The maximum atomic E-state index is 3.68. The molecule has 0 N–H and O–H groups in total. The first kappa shape index (κ1) is 5.08. The van der Waals surface area contributed by atoms with Crippen molar-refractivity contribution in [1.82, 2.24) is 10.0 Å². The van der Waals surface area contributed by atoms with E-state index in [1.165, 1.54) is 0 Å². The van der Waals surface area contributed by atoms with Crippen LogP contribution in [0.25, 0.3) is 0 Å². The van der Waals surface area contributed by atoms with E-state index < -0.39 is 0 Å². The van der Waals surface area contributed by atoms with Crippen molar-refractivity contribution in [3.63, 3.8) is 0 Å². The Morgan fingerprint density at radius 3 is 1.75 bits per heavy atom. The van der Waals surface area contributed by atoms with E-state index in [-0.39, 0.29) is 0 Å². The molecule has 0 aromatic carbocycles. The first-order valence-corrected chi connectivity index (χ1v) is 2.30. The molecule has 0 saturated heterocycles. The molecule has 0 aromatic rings. The molecule has 0 bridgehead atoms. The van der Waals surface area contributed by atoms with Crippen LogP contribution < -0.4 is 0 Å². The van der Waals surface area contributed by atoms with Crippen LogP contribution in [0.3, 0.4) is 0 Å². The first-order chi connectivity index (χ1) is 3.72. The normalized spacial score (nSPS) is 18.5. The summed E-state index contributed by atoms with van der Waals surface area (Å²) >= 11 is 0. The Bertz CT molecular complexity index is 125. The van der Waals surface area contributed by atoms with Gasteiger partial charge in [-0.2, -0.15) is 0 Å². The molecule has 1 aliphatic rings. The third-order valence-corrected chi connectivity index (χ3v) is 1.06. The van der Waals surface area contributed by atoms with Crippen LogP contribution in [-0.2, 0) is 0 Å². The van der Waals surface area contributed by atoms with Gasteiger partial charge in [0.25, 0.3) is 0 Å². The van der Waals surface area contributed by atoms with Gasteiger partial charge in [0.1, 0.15) is 5.82 Å². The third-order valence-electron chi connectivity index (χ3n) is 1.06. The molecule has 0 spiro atoms. The van der Waals surface area contributed by atoms with E-state index in [9.17, 15) is 0 Å². The van der Waals surface area contributed by atoms with Crippen molar-refractivity contribution in [2.24, 2.45) is 10.4 Å². The van der Waals surface area contributed by atoms with Crippen LogP contribution in [0.2, 0.25) is 0 Å². The number of nitrogens with zero attached hydrogens (tertiary/aromatic N) is 4. The van der Waals surface area contributed by atoms with Crippen LogP contribution in [-0.4, -0.2) is 24.1 Å². The lowest BCUT2D eigenvalue weighted by Crippen LogP contribution is -2.13. The molecule has 0 aliphatic carbocycles. The summed E-state index contributed by atoms with van der Waals surface area (Å²) in [7, 11) is 3.60. The molecular weight excluding hydrogens is 104 g/mol. The van der Waals surface area contributed by atoms with Crippen molar-refractivity contribution >= 4 is 0 Å². The van der Waals surface area contributed by atoms with Crippen LogP contribution in [0.15, 0.2) is 22.8 Å². The summed E-state index contributed by atoms with van der Waals surface area (Å²) in [6, 6.07) is 0. The van der Waals surface area contributed by atoms with Crippen molar-refractivity contribution in [2.75, 3.05) is 14.1 Å². The van der Waals surface area contributed by atoms with E-state index in [4.69, 9.17) is 0 Å². The maximum Gasteiger partial charge on any atom is 0.141 e. The lowest BCUT2D eigenvalue weighted by molar-refractivity contribution is 0.382. The Hall–Kier alpha value is -1.06. The summed E-state index contributed by atoms with van der Waals surface area (Å²) in [5.41, 5.74) is 0. The maximum absolute atomic E-state index is 3.68. The van der Waals surface area contributed by atoms with E-state index in [2.05, 4.69) is 17.0 Å². The fourth-order valence-electron chi connectivity index (χ4n) is 0.433. The fourth-order valence-corrected chi connectivity index (χ4v) is 0.433. The molecule has 1 rings (SSSR count). The standard InChI is InChI=1S/C4H8N4/c1-4-7(2)5-6-8(4)3/h1H2,2-3H3. The number of hydrogen-bond donors (Lipinski definition) is 0. The highest BCUT2D eigenvalue weighted by Crippen LogP contribution is 2.11. The molecule has 0 amide bonds. The number of hydrogen-bond acceptors (Lipinski definition) is 4. The van der Waals surface area contributed by atoms with Gasteiger partial charge in [0.2, 0.25) is 0 Å². The van der Waals surface area contributed by atoms with Gasteiger partial charge in [-0.15, -0.1) is 0 Å². The fraction of sp³-hybridized carbons (Fsp3) is 0.500. The molecule has 8 heavy (non-hydrogen) atoms. The average Bonchev–Trinajstić information content (AvgIpc) is 1.98. The minimum Gasteiger partial charge on any atom is -0.232 e. The quantitative estimate of drug-likeness (QED) is 0.460. The first-order valence-electron chi connectivity index (χ1n) is 2.30. The summed E-state index contributed by atoms with van der Waals surface area (Å²) < 4.78 is 0. The molecular formula is C4H8N4. The predicted molar refractivity (Wildman–Crippen MR) is 29.5 cm³/mol. The second kappa shape index (κ2) is 1.47. The summed E-state index contributed by atoms with van der Waals surface area (Å²) in [4.78, 5) is 0. The van der Waals surface area contributed by atoms with Gasteiger partial charge in [-0.1, -0.05) is 6.58 Å². The van der Waals surface area contributed by atoms with Crippen LogP contribution in [0.5, 0.6) is 0 Å². The lowest BCUT2D eigenvalue weighted by atomic mass is 10.7. The Balaban J connectivity index is 2.70. The highest BCUT2D eigenvalue weighted by atomic mass is 15.8. The van der Waals surface area contributed by atoms with Crippen LogP contribution in [0.1, 0.15) is 0 Å². The second-order valence-electron chi connectivity index (χ2n) is 1.64. The number of rotatable bonds is 0. The monoisotopic (exact) mass is 112 g/mol. The van der Waals surface area contributed by atoms with Gasteiger partial charge in [-0.05, 0) is 10.4 Å². The van der Waals surface area contributed by atoms with Gasteiger partial charge in [0, 0.05) is 14.1 Å². The van der Waals surface area contributed by atoms with Crippen molar-refractivity contribution in [1.29, 1.82) is 0 Å². The summed E-state index contributed by atoms with van der Waals surface area (Å²) in [6.07, 6.45) is 0. The SMILES string of the molecule is C=C1N(C)N=NN1C. The second-order valence-corrected chi connectivity index (χ2v) is 1.64. The van der Waals surface area contributed by atoms with Gasteiger partial charge < -0.3 is 0 Å². The molecule has 0 saturated carbocycles. The van der Waals surface area contributed by atoms with Crippen LogP contribution in [0.4, 0.5) is 0 Å². The smallest absolute Gasteiger partial charge is 0.141 e. The van der Waals surface area contributed by atoms with Gasteiger partial charge in [0.05, 0.1) is 0 Å². The van der Waals surface area contributed by atoms with E-state index in [0.29, 0.717) is 0 Å². The highest BCUT2D eigenvalue weighted by molar-refractivity contribution is 4.88. The minimum atomic E-state index is 0.796. The Kier molecular flexibility index (Phi) is 0.932. The van der Waals surface area contributed by atoms with E-state index in [1.807, 2.05) is 0 Å². The lowest BCUT2D eigenvalue weighted by Gasteiger charge is -2.08. The molecule has 0 atom stereocenters. The van der Waals surface area contributed by atoms with Gasteiger partial charge in [0.15, 0.2) is 0 Å². The van der Waals surface area contributed by atoms with E-state index >= 15 is 0 Å². The zero-order valence-electron chi connectivity index (χ0n) is 5.00. The van der Waals surface area contributed by atoms with E-state index in [0.717, 1.165) is 5.82 Å². The Morgan fingerprint density at radius 2 is 1.62 bits per heavy atom. The molecule has 0 unspecified atom stereocenters. The molecule has 4 nitrogen and oxygen atoms in total. The minimum absolute atomic E-state index is 0.796. The van der Waals surface area contributed by atoms with Crippen molar-refractivity contribution < 1.29 is 0 Å². The molecule has 0 fully saturated rings. The van der Waals surface area contributed by atoms with Crippen LogP contribution in [0, 0.1) is 0 Å². The van der Waals surface area contributed by atoms with Crippen LogP contribution >= 0.6 is 0 Å². The molecule has 0 radical (unpaired) electrons. The zero-order chi connectivity index (χ0) is 6.15. The summed E-state index contributed by atoms with van der Waals surface area (Å²) in [6.45, 7) is 3.68. The molecule has 1 heterocycles. The Labute approximate surface area is 48.0 Å². The summed E-state index contributed by atoms with van der Waals surface area (Å²) in [5.74, 6) is 0.796. The van der Waals surface area contributed by atoms with E-state index in [1.54, 1.807) is 24.1 Å². The van der Waals surface area contributed by atoms with Crippen molar-refractivity contribution in [3.8, 4) is 0 Å². The summed E-state index contributed by atoms with van der Waals surface area (Å²) in [5, 5.41) is 10.6. The molecule has 44 valence electrons. The molecule has 0 aromatic heterocycles. The van der Waals surface area contributed by atoms with Crippen molar-refractivity contribution in [3.05, 3.63) is 12.4 Å². The molecule has 1 aliphatic heterocycles. The topological polar surface area (TPSA) is 31.2 Å². The van der Waals surface area contributed by atoms with Crippen molar-refractivity contribution in [2.45, 2.75) is 0 Å². The Morgan fingerprint density at radius 1 is 1.25 bits per heavy atom. The zero-order valence-corrected chi connectivity index (χ0v) is 5.00. The van der Waals surface area contributed by atoms with Gasteiger partial charge in [-0.3, -0.25) is 0 Å². The highest BCUT2D eigenvalue weighted by Gasteiger charge is 2.11. The predicted octanol–water partition coefficient (Wildman–Crippen LogP) is 0.617. The van der Waals surface area contributed by atoms with Gasteiger partial charge in [-0.25, -0.2) is 10.0 Å². The average molecular weight is 112 g/mol. The van der Waals surface area contributed by atoms with Gasteiger partial charge >= 0.3 is 0 Å². The largest absolute Gasteiger partial charge is 0.232 e.